The van der Waals surface area contributed by atoms with Crippen molar-refractivity contribution in [3.8, 4) is 17.6 Å². The summed E-state index contributed by atoms with van der Waals surface area (Å²) in [4.78, 5) is 0. The van der Waals surface area contributed by atoms with Gasteiger partial charge in [0.05, 0.1) is 18.8 Å². The number of hydrogen-bond donors (Lipinski definition) is 1. The minimum Gasteiger partial charge on any atom is -0.466 e. The van der Waals surface area contributed by atoms with E-state index >= 15 is 0 Å². The lowest BCUT2D eigenvalue weighted by atomic mass is 10.2. The Balaban J connectivity index is 1.83. The summed E-state index contributed by atoms with van der Waals surface area (Å²) in [6, 6.07) is 7.61. The summed E-state index contributed by atoms with van der Waals surface area (Å²) in [5, 5.41) is 8.69. The van der Waals surface area contributed by atoms with E-state index in [4.69, 9.17) is 14.6 Å². The first kappa shape index (κ1) is 12.9. The SMILES string of the molecule is OCCC#Cc1ccccc1OCOCC1CC1. The summed E-state index contributed by atoms with van der Waals surface area (Å²) in [6.45, 7) is 1.15. The fourth-order valence-electron chi connectivity index (χ4n) is 1.51. The molecule has 0 aliphatic heterocycles. The molecule has 0 radical (unpaired) electrons. The Hall–Kier alpha value is -1.50. The van der Waals surface area contributed by atoms with E-state index in [2.05, 4.69) is 11.8 Å². The summed E-state index contributed by atoms with van der Waals surface area (Å²) in [5.74, 6) is 7.35. The van der Waals surface area contributed by atoms with Crippen LogP contribution in [0.15, 0.2) is 24.3 Å². The quantitative estimate of drug-likeness (QED) is 0.475. The van der Waals surface area contributed by atoms with Gasteiger partial charge in [-0.05, 0) is 30.9 Å². The third-order valence-corrected chi connectivity index (χ3v) is 2.70. The van der Waals surface area contributed by atoms with E-state index in [-0.39, 0.29) is 13.4 Å². The molecule has 0 aromatic heterocycles. The summed E-state index contributed by atoms with van der Waals surface area (Å²) in [6.07, 6.45) is 3.04. The zero-order chi connectivity index (χ0) is 12.6. The number of aliphatic hydroxyl groups is 1. The Morgan fingerprint density at radius 2 is 2.11 bits per heavy atom. The highest BCUT2D eigenvalue weighted by molar-refractivity contribution is 5.45. The maximum atomic E-state index is 8.69. The molecule has 1 aliphatic carbocycles. The van der Waals surface area contributed by atoms with Gasteiger partial charge in [-0.25, -0.2) is 0 Å². The average Bonchev–Trinajstić information content (AvgIpc) is 3.21. The molecule has 0 atom stereocenters. The van der Waals surface area contributed by atoms with E-state index in [0.29, 0.717) is 6.42 Å². The summed E-state index contributed by atoms with van der Waals surface area (Å²) < 4.78 is 11.0. The second-order valence-corrected chi connectivity index (χ2v) is 4.35. The molecule has 0 bridgehead atoms. The molecule has 1 fully saturated rings. The predicted molar refractivity (Wildman–Crippen MR) is 69.2 cm³/mol. The Kier molecular flexibility index (Phi) is 5.07. The standard InChI is InChI=1S/C15H18O3/c16-10-4-3-6-14-5-1-2-7-15(14)18-12-17-11-13-8-9-13/h1-2,5,7,13,16H,4,8-12H2. The van der Waals surface area contributed by atoms with Crippen LogP contribution in [0.2, 0.25) is 0 Å². The van der Waals surface area contributed by atoms with E-state index in [9.17, 15) is 0 Å². The molecule has 0 heterocycles. The van der Waals surface area contributed by atoms with Crippen molar-refractivity contribution in [3.05, 3.63) is 29.8 Å². The lowest BCUT2D eigenvalue weighted by molar-refractivity contribution is 0.00983. The lowest BCUT2D eigenvalue weighted by Crippen LogP contribution is -2.05. The van der Waals surface area contributed by atoms with Gasteiger partial charge in [-0.3, -0.25) is 0 Å². The molecular weight excluding hydrogens is 228 g/mol. The number of para-hydroxylation sites is 1. The molecule has 0 saturated heterocycles. The highest BCUT2D eigenvalue weighted by Gasteiger charge is 2.21. The first-order valence-electron chi connectivity index (χ1n) is 6.29. The highest BCUT2D eigenvalue weighted by Crippen LogP contribution is 2.28. The van der Waals surface area contributed by atoms with Crippen LogP contribution in [0.3, 0.4) is 0 Å². The van der Waals surface area contributed by atoms with Crippen LogP contribution in [0.5, 0.6) is 5.75 Å². The molecule has 18 heavy (non-hydrogen) atoms. The summed E-state index contributed by atoms with van der Waals surface area (Å²) in [7, 11) is 0. The number of rotatable bonds is 6. The van der Waals surface area contributed by atoms with Gasteiger partial charge in [-0.15, -0.1) is 0 Å². The van der Waals surface area contributed by atoms with Crippen molar-refractivity contribution in [2.75, 3.05) is 20.0 Å². The third kappa shape index (κ3) is 4.40. The molecule has 2 rings (SSSR count). The number of ether oxygens (including phenoxy) is 2. The average molecular weight is 246 g/mol. The fourth-order valence-corrected chi connectivity index (χ4v) is 1.51. The van der Waals surface area contributed by atoms with E-state index < -0.39 is 0 Å². The van der Waals surface area contributed by atoms with Crippen LogP contribution in [-0.4, -0.2) is 25.1 Å². The second-order valence-electron chi connectivity index (χ2n) is 4.35. The van der Waals surface area contributed by atoms with Crippen molar-refractivity contribution < 1.29 is 14.6 Å². The maximum absolute atomic E-state index is 8.69. The molecule has 3 nitrogen and oxygen atoms in total. The molecular formula is C15H18O3. The number of hydrogen-bond acceptors (Lipinski definition) is 3. The van der Waals surface area contributed by atoms with Gasteiger partial charge in [-0.2, -0.15) is 0 Å². The van der Waals surface area contributed by atoms with E-state index in [1.165, 1.54) is 12.8 Å². The van der Waals surface area contributed by atoms with Gasteiger partial charge in [0.1, 0.15) is 5.75 Å². The van der Waals surface area contributed by atoms with Gasteiger partial charge < -0.3 is 14.6 Å². The molecule has 0 spiro atoms. The van der Waals surface area contributed by atoms with Crippen LogP contribution in [-0.2, 0) is 4.74 Å². The summed E-state index contributed by atoms with van der Waals surface area (Å²) >= 11 is 0. The molecule has 1 aromatic carbocycles. The molecule has 3 heteroatoms. The van der Waals surface area contributed by atoms with Gasteiger partial charge in [0, 0.05) is 6.42 Å². The molecule has 1 N–H and O–H groups in total. The van der Waals surface area contributed by atoms with Gasteiger partial charge >= 0.3 is 0 Å². The van der Waals surface area contributed by atoms with Gasteiger partial charge in [0.25, 0.3) is 0 Å². The smallest absolute Gasteiger partial charge is 0.189 e. The highest BCUT2D eigenvalue weighted by atomic mass is 16.7. The van der Waals surface area contributed by atoms with E-state index in [1.54, 1.807) is 0 Å². The number of aliphatic hydroxyl groups excluding tert-OH is 1. The Morgan fingerprint density at radius 3 is 2.89 bits per heavy atom. The Morgan fingerprint density at radius 1 is 1.28 bits per heavy atom. The van der Waals surface area contributed by atoms with Crippen LogP contribution in [0.25, 0.3) is 0 Å². The van der Waals surface area contributed by atoms with E-state index in [1.807, 2.05) is 24.3 Å². The minimum absolute atomic E-state index is 0.0839. The van der Waals surface area contributed by atoms with Crippen LogP contribution in [0.1, 0.15) is 24.8 Å². The Labute approximate surface area is 108 Å². The van der Waals surface area contributed by atoms with Crippen molar-refractivity contribution in [3.63, 3.8) is 0 Å². The zero-order valence-electron chi connectivity index (χ0n) is 10.4. The second kappa shape index (κ2) is 7.05. The maximum Gasteiger partial charge on any atom is 0.189 e. The van der Waals surface area contributed by atoms with Crippen molar-refractivity contribution in [2.24, 2.45) is 5.92 Å². The molecule has 1 aromatic rings. The topological polar surface area (TPSA) is 38.7 Å². The molecule has 0 amide bonds. The lowest BCUT2D eigenvalue weighted by Gasteiger charge is -2.08. The first-order chi connectivity index (χ1) is 8.90. The van der Waals surface area contributed by atoms with Gasteiger partial charge in [0.2, 0.25) is 0 Å². The van der Waals surface area contributed by atoms with Crippen LogP contribution in [0, 0.1) is 17.8 Å². The zero-order valence-corrected chi connectivity index (χ0v) is 10.4. The van der Waals surface area contributed by atoms with Crippen molar-refractivity contribution in [2.45, 2.75) is 19.3 Å². The minimum atomic E-state index is 0.0839. The van der Waals surface area contributed by atoms with Gasteiger partial charge in [-0.1, -0.05) is 24.0 Å². The van der Waals surface area contributed by atoms with Crippen molar-refractivity contribution >= 4 is 0 Å². The first-order valence-corrected chi connectivity index (χ1v) is 6.29. The molecule has 96 valence electrons. The normalized spacial score (nSPS) is 13.8. The van der Waals surface area contributed by atoms with Crippen LogP contribution in [0.4, 0.5) is 0 Å². The predicted octanol–water partition coefficient (Wildman–Crippen LogP) is 2.18. The molecule has 0 unspecified atom stereocenters. The fraction of sp³-hybridized carbons (Fsp3) is 0.467. The third-order valence-electron chi connectivity index (χ3n) is 2.70. The number of benzene rings is 1. The molecule has 1 saturated carbocycles. The van der Waals surface area contributed by atoms with Gasteiger partial charge in [0.15, 0.2) is 6.79 Å². The van der Waals surface area contributed by atoms with Crippen LogP contribution >= 0.6 is 0 Å². The largest absolute Gasteiger partial charge is 0.466 e. The monoisotopic (exact) mass is 246 g/mol. The Bertz CT molecular complexity index is 427. The van der Waals surface area contributed by atoms with E-state index in [0.717, 1.165) is 23.8 Å². The van der Waals surface area contributed by atoms with Crippen LogP contribution < -0.4 is 4.74 Å². The summed E-state index contributed by atoms with van der Waals surface area (Å²) in [5.41, 5.74) is 0.834. The molecule has 1 aliphatic rings. The van der Waals surface area contributed by atoms with Crippen molar-refractivity contribution in [1.82, 2.24) is 0 Å². The van der Waals surface area contributed by atoms with Crippen molar-refractivity contribution in [1.29, 1.82) is 0 Å².